The molecular weight excluding hydrogens is 252 g/mol. The number of nitro benzene ring substituents is 1. The van der Waals surface area contributed by atoms with Crippen LogP contribution < -0.4 is 9.84 Å². The first-order valence-corrected chi connectivity index (χ1v) is 5.93. The molecule has 1 amide bonds. The Kier molecular flexibility index (Phi) is 3.84. The van der Waals surface area contributed by atoms with Crippen molar-refractivity contribution in [3.05, 3.63) is 34.4 Å². The SMILES string of the molecule is O=C([O-])N1CCC(Oc2ccc([N+](=O)[O-])cc2)CC1. The average Bonchev–Trinajstić information content (AvgIpc) is 2.40. The van der Waals surface area contributed by atoms with Gasteiger partial charge < -0.3 is 19.5 Å². The summed E-state index contributed by atoms with van der Waals surface area (Å²) in [6.07, 6.45) is -0.0542. The van der Waals surface area contributed by atoms with E-state index in [2.05, 4.69) is 0 Å². The summed E-state index contributed by atoms with van der Waals surface area (Å²) in [7, 11) is 0. The van der Waals surface area contributed by atoms with E-state index in [0.29, 0.717) is 31.7 Å². The van der Waals surface area contributed by atoms with Crippen molar-refractivity contribution in [1.82, 2.24) is 4.90 Å². The van der Waals surface area contributed by atoms with Gasteiger partial charge in [0.2, 0.25) is 0 Å². The van der Waals surface area contributed by atoms with Crippen molar-refractivity contribution in [2.75, 3.05) is 13.1 Å². The zero-order valence-corrected chi connectivity index (χ0v) is 10.2. The number of hydrogen-bond acceptors (Lipinski definition) is 5. The quantitative estimate of drug-likeness (QED) is 0.594. The van der Waals surface area contributed by atoms with E-state index < -0.39 is 11.0 Å². The molecule has 1 aromatic rings. The lowest BCUT2D eigenvalue weighted by molar-refractivity contribution is -0.384. The van der Waals surface area contributed by atoms with Gasteiger partial charge in [-0.2, -0.15) is 0 Å². The summed E-state index contributed by atoms with van der Waals surface area (Å²) in [5, 5.41) is 21.1. The van der Waals surface area contributed by atoms with Crippen molar-refractivity contribution in [3.8, 4) is 5.75 Å². The molecule has 7 heteroatoms. The summed E-state index contributed by atoms with van der Waals surface area (Å²) in [5.74, 6) is 0.553. The van der Waals surface area contributed by atoms with E-state index in [-0.39, 0.29) is 11.8 Å². The molecule has 1 saturated heterocycles. The highest BCUT2D eigenvalue weighted by Crippen LogP contribution is 2.21. The van der Waals surface area contributed by atoms with Crippen molar-refractivity contribution in [2.24, 2.45) is 0 Å². The van der Waals surface area contributed by atoms with E-state index in [0.717, 1.165) is 0 Å². The van der Waals surface area contributed by atoms with Gasteiger partial charge in [-0.1, -0.05) is 0 Å². The van der Waals surface area contributed by atoms with Crippen molar-refractivity contribution in [2.45, 2.75) is 18.9 Å². The number of hydrogen-bond donors (Lipinski definition) is 0. The number of carbonyl (C=O) groups excluding carboxylic acids is 1. The lowest BCUT2D eigenvalue weighted by Gasteiger charge is -2.33. The number of nitrogens with zero attached hydrogens (tertiary/aromatic N) is 2. The molecule has 0 aliphatic carbocycles. The second-order valence-electron chi connectivity index (χ2n) is 4.32. The third-order valence-electron chi connectivity index (χ3n) is 3.05. The van der Waals surface area contributed by atoms with Crippen LogP contribution in [0.4, 0.5) is 10.5 Å². The number of carbonyl (C=O) groups is 1. The maximum Gasteiger partial charge on any atom is 0.269 e. The van der Waals surface area contributed by atoms with Gasteiger partial charge in [-0.15, -0.1) is 0 Å². The number of benzene rings is 1. The molecule has 1 aliphatic rings. The lowest BCUT2D eigenvalue weighted by atomic mass is 10.1. The van der Waals surface area contributed by atoms with Gasteiger partial charge in [0.1, 0.15) is 17.9 Å². The van der Waals surface area contributed by atoms with Crippen LogP contribution in [-0.2, 0) is 0 Å². The standard InChI is InChI=1S/C12H14N2O5/c15-12(16)13-7-5-11(6-8-13)19-10-3-1-9(2-4-10)14(17)18/h1-4,11H,5-8H2,(H,15,16)/p-1. The van der Waals surface area contributed by atoms with Gasteiger partial charge in [0, 0.05) is 38.1 Å². The minimum Gasteiger partial charge on any atom is -0.530 e. The minimum absolute atomic E-state index is 0.0131. The maximum absolute atomic E-state index is 10.6. The highest BCUT2D eigenvalue weighted by molar-refractivity contribution is 5.62. The number of carboxylic acid groups (broad SMARTS) is 1. The van der Waals surface area contributed by atoms with Gasteiger partial charge in [-0.3, -0.25) is 10.1 Å². The summed E-state index contributed by atoms with van der Waals surface area (Å²) in [6.45, 7) is 0.778. The first-order chi connectivity index (χ1) is 9.06. The van der Waals surface area contributed by atoms with Gasteiger partial charge >= 0.3 is 0 Å². The Morgan fingerprint density at radius 1 is 1.26 bits per heavy atom. The second kappa shape index (κ2) is 5.55. The van der Waals surface area contributed by atoms with Crippen LogP contribution in [0.1, 0.15) is 12.8 Å². The Morgan fingerprint density at radius 2 is 1.84 bits per heavy atom. The van der Waals surface area contributed by atoms with Crippen LogP contribution in [0, 0.1) is 10.1 Å². The van der Waals surface area contributed by atoms with Crippen molar-refractivity contribution in [3.63, 3.8) is 0 Å². The van der Waals surface area contributed by atoms with Gasteiger partial charge in [-0.25, -0.2) is 0 Å². The zero-order chi connectivity index (χ0) is 13.8. The van der Waals surface area contributed by atoms with E-state index in [1.165, 1.54) is 17.0 Å². The van der Waals surface area contributed by atoms with Crippen LogP contribution in [0.2, 0.25) is 0 Å². The Labute approximate surface area is 109 Å². The first-order valence-electron chi connectivity index (χ1n) is 5.93. The van der Waals surface area contributed by atoms with E-state index in [4.69, 9.17) is 4.74 Å². The molecule has 0 radical (unpaired) electrons. The second-order valence-corrected chi connectivity index (χ2v) is 4.32. The molecule has 1 aliphatic heterocycles. The topological polar surface area (TPSA) is 95.7 Å². The van der Waals surface area contributed by atoms with Crippen LogP contribution in [-0.4, -0.2) is 35.1 Å². The maximum atomic E-state index is 10.6. The fraction of sp³-hybridized carbons (Fsp3) is 0.417. The Hall–Kier alpha value is -2.31. The zero-order valence-electron chi connectivity index (χ0n) is 10.2. The van der Waals surface area contributed by atoms with Crippen LogP contribution in [0.25, 0.3) is 0 Å². The normalized spacial score (nSPS) is 16.1. The molecule has 0 unspecified atom stereocenters. The number of nitro groups is 1. The van der Waals surface area contributed by atoms with Gasteiger partial charge in [0.15, 0.2) is 0 Å². The summed E-state index contributed by atoms with van der Waals surface area (Å²) < 4.78 is 5.66. The molecular formula is C12H13N2O5-. The highest BCUT2D eigenvalue weighted by atomic mass is 16.6. The third-order valence-corrected chi connectivity index (χ3v) is 3.05. The molecule has 0 atom stereocenters. The number of likely N-dealkylation sites (tertiary alicyclic amines) is 1. The molecule has 102 valence electrons. The van der Waals surface area contributed by atoms with Crippen molar-refractivity contribution in [1.29, 1.82) is 0 Å². The Balaban J connectivity index is 1.88. The molecule has 7 nitrogen and oxygen atoms in total. The molecule has 1 fully saturated rings. The fourth-order valence-corrected chi connectivity index (χ4v) is 2.00. The predicted molar refractivity (Wildman–Crippen MR) is 63.7 cm³/mol. The van der Waals surface area contributed by atoms with E-state index in [9.17, 15) is 20.0 Å². The summed E-state index contributed by atoms with van der Waals surface area (Å²) in [5.41, 5.74) is 0.0131. The van der Waals surface area contributed by atoms with Crippen LogP contribution in [0.5, 0.6) is 5.75 Å². The van der Waals surface area contributed by atoms with Gasteiger partial charge in [0.05, 0.1) is 4.92 Å². The van der Waals surface area contributed by atoms with E-state index >= 15 is 0 Å². The highest BCUT2D eigenvalue weighted by Gasteiger charge is 2.20. The molecule has 0 saturated carbocycles. The predicted octanol–water partition coefficient (Wildman–Crippen LogP) is 0.781. The smallest absolute Gasteiger partial charge is 0.269 e. The number of ether oxygens (including phenoxy) is 1. The molecule has 0 aromatic heterocycles. The summed E-state index contributed by atoms with van der Waals surface area (Å²) in [6, 6.07) is 5.85. The van der Waals surface area contributed by atoms with Crippen molar-refractivity contribution >= 4 is 11.8 Å². The Bertz CT molecular complexity index is 466. The Morgan fingerprint density at radius 3 is 2.32 bits per heavy atom. The molecule has 1 aromatic carbocycles. The number of rotatable bonds is 3. The molecule has 1 heterocycles. The lowest BCUT2D eigenvalue weighted by Crippen LogP contribution is -2.47. The molecule has 0 bridgehead atoms. The largest absolute Gasteiger partial charge is 0.530 e. The number of amides is 1. The number of non-ortho nitro benzene ring substituents is 1. The molecule has 2 rings (SSSR count). The van der Waals surface area contributed by atoms with Crippen LogP contribution in [0.15, 0.2) is 24.3 Å². The molecule has 19 heavy (non-hydrogen) atoms. The van der Waals surface area contributed by atoms with Crippen LogP contribution in [0.3, 0.4) is 0 Å². The van der Waals surface area contributed by atoms with E-state index in [1.54, 1.807) is 12.1 Å². The van der Waals surface area contributed by atoms with Crippen LogP contribution >= 0.6 is 0 Å². The van der Waals surface area contributed by atoms with E-state index in [1.807, 2.05) is 0 Å². The monoisotopic (exact) mass is 265 g/mol. The first kappa shape index (κ1) is 13.1. The average molecular weight is 265 g/mol. The summed E-state index contributed by atoms with van der Waals surface area (Å²) in [4.78, 5) is 21.9. The minimum atomic E-state index is -1.16. The van der Waals surface area contributed by atoms with Gasteiger partial charge in [0.25, 0.3) is 5.69 Å². The van der Waals surface area contributed by atoms with Gasteiger partial charge in [-0.05, 0) is 12.1 Å². The summed E-state index contributed by atoms with van der Waals surface area (Å²) >= 11 is 0. The molecule has 0 N–H and O–H groups in total. The number of piperidine rings is 1. The third kappa shape index (κ3) is 3.34. The fourth-order valence-electron chi connectivity index (χ4n) is 2.00. The van der Waals surface area contributed by atoms with Crippen molar-refractivity contribution < 1.29 is 19.6 Å². The molecule has 0 spiro atoms.